The highest BCUT2D eigenvalue weighted by atomic mass is 32.1. The van der Waals surface area contributed by atoms with Crippen LogP contribution in [-0.4, -0.2) is 48.9 Å². The third-order valence-electron chi connectivity index (χ3n) is 6.68. The second kappa shape index (κ2) is 9.35. The number of para-hydroxylation sites is 1. The van der Waals surface area contributed by atoms with E-state index in [1.807, 2.05) is 52.7 Å². The molecule has 174 valence electrons. The normalized spacial score (nSPS) is 14.4. The molecule has 5 rings (SSSR count). The lowest BCUT2D eigenvalue weighted by atomic mass is 9.89. The minimum Gasteiger partial charge on any atom is -0.497 e. The molecular formula is C27H27N3O3S. The van der Waals surface area contributed by atoms with Crippen molar-refractivity contribution < 1.29 is 14.3 Å². The van der Waals surface area contributed by atoms with Crippen LogP contribution >= 0.6 is 11.3 Å². The van der Waals surface area contributed by atoms with Gasteiger partial charge in [0.05, 0.1) is 23.2 Å². The van der Waals surface area contributed by atoms with Gasteiger partial charge < -0.3 is 19.5 Å². The zero-order valence-corrected chi connectivity index (χ0v) is 20.1. The van der Waals surface area contributed by atoms with Crippen LogP contribution in [0.4, 0.5) is 5.69 Å². The Hall–Kier alpha value is -3.58. The number of nitrogens with one attached hydrogen (secondary N) is 1. The predicted octanol–water partition coefficient (Wildman–Crippen LogP) is 5.53. The van der Waals surface area contributed by atoms with Crippen LogP contribution in [0.5, 0.6) is 5.75 Å². The van der Waals surface area contributed by atoms with Crippen LogP contribution in [0, 0.1) is 0 Å². The van der Waals surface area contributed by atoms with Crippen LogP contribution in [0.25, 0.3) is 10.9 Å². The number of hydrogen-bond acceptors (Lipinski definition) is 4. The number of likely N-dealkylation sites (tertiary alicyclic amines) is 1. The monoisotopic (exact) mass is 473 g/mol. The lowest BCUT2D eigenvalue weighted by molar-refractivity contribution is 0.0714. The smallest absolute Gasteiger partial charge is 0.268 e. The fourth-order valence-electron chi connectivity index (χ4n) is 4.77. The molecule has 0 saturated carbocycles. The van der Waals surface area contributed by atoms with Gasteiger partial charge in [-0.3, -0.25) is 9.59 Å². The molecule has 0 aliphatic carbocycles. The number of carbonyl (C=O) groups excluding carboxylic acids is 2. The highest BCUT2D eigenvalue weighted by molar-refractivity contribution is 7.12. The second-order valence-electron chi connectivity index (χ2n) is 8.58. The summed E-state index contributed by atoms with van der Waals surface area (Å²) in [6.45, 7) is 1.36. The molecule has 2 aromatic heterocycles. The van der Waals surface area contributed by atoms with Crippen molar-refractivity contribution in [1.82, 2.24) is 9.88 Å². The van der Waals surface area contributed by atoms with Crippen LogP contribution in [0.15, 0.2) is 66.2 Å². The topological polar surface area (TPSA) is 65.6 Å². The third-order valence-corrected chi connectivity index (χ3v) is 7.53. The standard InChI is InChI=1S/C27H27N3O3S/c1-29(27(32)25-8-5-15-34-25)24-7-4-3-6-20(24)26(31)30-13-11-18(12-14-30)22-17-28-23-10-9-19(33-2)16-21(22)23/h3-10,15-18,28H,11-14H2,1-2H3. The minimum atomic E-state index is -0.108. The quantitative estimate of drug-likeness (QED) is 0.414. The molecule has 1 aliphatic heterocycles. The summed E-state index contributed by atoms with van der Waals surface area (Å²) in [6, 6.07) is 17.1. The van der Waals surface area contributed by atoms with E-state index < -0.39 is 0 Å². The van der Waals surface area contributed by atoms with E-state index in [-0.39, 0.29) is 11.8 Å². The highest BCUT2D eigenvalue weighted by Crippen LogP contribution is 2.35. The van der Waals surface area contributed by atoms with Crippen molar-refractivity contribution in [2.75, 3.05) is 32.1 Å². The Kier molecular flexibility index (Phi) is 6.11. The van der Waals surface area contributed by atoms with Crippen molar-refractivity contribution in [3.8, 4) is 5.75 Å². The summed E-state index contributed by atoms with van der Waals surface area (Å²) in [5, 5.41) is 3.06. The number of H-pyrrole nitrogens is 1. The number of aromatic amines is 1. The first-order chi connectivity index (χ1) is 16.6. The molecule has 1 aliphatic rings. The number of thiophene rings is 1. The van der Waals surface area contributed by atoms with Crippen LogP contribution in [0.1, 0.15) is 44.4 Å². The van der Waals surface area contributed by atoms with E-state index >= 15 is 0 Å². The molecule has 4 aromatic rings. The molecule has 1 fully saturated rings. The largest absolute Gasteiger partial charge is 0.497 e. The molecule has 1 saturated heterocycles. The molecule has 2 aromatic carbocycles. The van der Waals surface area contributed by atoms with Crippen LogP contribution in [0.2, 0.25) is 0 Å². The molecule has 0 unspecified atom stereocenters. The number of rotatable bonds is 5. The number of nitrogens with zero attached hydrogens (tertiary/aromatic N) is 2. The number of methoxy groups -OCH3 is 1. The summed E-state index contributed by atoms with van der Waals surface area (Å²) in [6.07, 6.45) is 3.87. The number of fused-ring (bicyclic) bond motifs is 1. The average Bonchev–Trinajstić information content (AvgIpc) is 3.57. The van der Waals surface area contributed by atoms with Gasteiger partial charge >= 0.3 is 0 Å². The minimum absolute atomic E-state index is 0.0273. The van der Waals surface area contributed by atoms with Crippen molar-refractivity contribution >= 4 is 39.7 Å². The molecule has 0 radical (unpaired) electrons. The fourth-order valence-corrected chi connectivity index (χ4v) is 5.47. The van der Waals surface area contributed by atoms with Gasteiger partial charge in [0.2, 0.25) is 0 Å². The van der Waals surface area contributed by atoms with Gasteiger partial charge in [0.1, 0.15) is 5.75 Å². The molecule has 0 spiro atoms. The van der Waals surface area contributed by atoms with Crippen molar-refractivity contribution in [3.05, 3.63) is 82.2 Å². The van der Waals surface area contributed by atoms with Gasteiger partial charge in [-0.2, -0.15) is 0 Å². The molecule has 34 heavy (non-hydrogen) atoms. The summed E-state index contributed by atoms with van der Waals surface area (Å²) in [7, 11) is 3.41. The summed E-state index contributed by atoms with van der Waals surface area (Å²) in [4.78, 5) is 33.9. The zero-order chi connectivity index (χ0) is 23.7. The first kappa shape index (κ1) is 22.2. The number of amides is 2. The Labute approximate surface area is 202 Å². The molecule has 0 atom stereocenters. The number of ether oxygens (including phenoxy) is 1. The summed E-state index contributed by atoms with van der Waals surface area (Å²) < 4.78 is 5.41. The SMILES string of the molecule is COc1ccc2[nH]cc(C3CCN(C(=O)c4ccccc4N(C)C(=O)c4cccs4)CC3)c2c1. The maximum Gasteiger partial charge on any atom is 0.268 e. The van der Waals surface area contributed by atoms with Crippen molar-refractivity contribution in [3.63, 3.8) is 0 Å². The first-order valence-electron chi connectivity index (χ1n) is 11.4. The van der Waals surface area contributed by atoms with E-state index in [0.717, 1.165) is 24.1 Å². The number of benzene rings is 2. The van der Waals surface area contributed by atoms with E-state index in [2.05, 4.69) is 17.2 Å². The molecule has 0 bridgehead atoms. The molecule has 7 heteroatoms. The maximum atomic E-state index is 13.5. The maximum absolute atomic E-state index is 13.5. The molecule has 3 heterocycles. The lowest BCUT2D eigenvalue weighted by Crippen LogP contribution is -2.39. The second-order valence-corrected chi connectivity index (χ2v) is 9.53. The van der Waals surface area contributed by atoms with E-state index in [0.29, 0.717) is 35.1 Å². The Morgan fingerprint density at radius 3 is 2.62 bits per heavy atom. The van der Waals surface area contributed by atoms with Gasteiger partial charge in [-0.15, -0.1) is 11.3 Å². The lowest BCUT2D eigenvalue weighted by Gasteiger charge is -2.33. The van der Waals surface area contributed by atoms with Crippen LogP contribution in [-0.2, 0) is 0 Å². The third kappa shape index (κ3) is 4.07. The van der Waals surface area contributed by atoms with Crippen molar-refractivity contribution in [2.45, 2.75) is 18.8 Å². The molecule has 1 N–H and O–H groups in total. The van der Waals surface area contributed by atoms with E-state index in [1.54, 1.807) is 25.1 Å². The summed E-state index contributed by atoms with van der Waals surface area (Å²) >= 11 is 1.40. The molecular weight excluding hydrogens is 446 g/mol. The molecule has 2 amide bonds. The van der Waals surface area contributed by atoms with Gasteiger partial charge in [-0.1, -0.05) is 18.2 Å². The Balaban J connectivity index is 1.32. The number of anilines is 1. The number of hydrogen-bond donors (Lipinski definition) is 1. The zero-order valence-electron chi connectivity index (χ0n) is 19.3. The van der Waals surface area contributed by atoms with Gasteiger partial charge in [0.25, 0.3) is 11.8 Å². The Morgan fingerprint density at radius 2 is 1.88 bits per heavy atom. The van der Waals surface area contributed by atoms with Crippen molar-refractivity contribution in [1.29, 1.82) is 0 Å². The summed E-state index contributed by atoms with van der Waals surface area (Å²) in [5.74, 6) is 1.09. The first-order valence-corrected chi connectivity index (χ1v) is 12.3. The predicted molar refractivity (Wildman–Crippen MR) is 136 cm³/mol. The Bertz CT molecular complexity index is 1320. The van der Waals surface area contributed by atoms with E-state index in [4.69, 9.17) is 4.74 Å². The Morgan fingerprint density at radius 1 is 1.09 bits per heavy atom. The number of piperidine rings is 1. The van der Waals surface area contributed by atoms with Gasteiger partial charge in [0.15, 0.2) is 0 Å². The van der Waals surface area contributed by atoms with Gasteiger partial charge in [-0.05, 0) is 66.1 Å². The van der Waals surface area contributed by atoms with E-state index in [9.17, 15) is 9.59 Å². The van der Waals surface area contributed by atoms with Crippen molar-refractivity contribution in [2.24, 2.45) is 0 Å². The van der Waals surface area contributed by atoms with Gasteiger partial charge in [-0.25, -0.2) is 0 Å². The highest BCUT2D eigenvalue weighted by Gasteiger charge is 2.28. The van der Waals surface area contributed by atoms with Crippen LogP contribution in [0.3, 0.4) is 0 Å². The summed E-state index contributed by atoms with van der Waals surface area (Å²) in [5.41, 5.74) is 3.58. The molecule has 6 nitrogen and oxygen atoms in total. The number of aromatic nitrogens is 1. The van der Waals surface area contributed by atoms with Gasteiger partial charge in [0, 0.05) is 37.2 Å². The number of carbonyl (C=O) groups is 2. The van der Waals surface area contributed by atoms with Crippen LogP contribution < -0.4 is 9.64 Å². The fraction of sp³-hybridized carbons (Fsp3) is 0.259. The van der Waals surface area contributed by atoms with E-state index in [1.165, 1.54) is 22.3 Å². The average molecular weight is 474 g/mol.